The summed E-state index contributed by atoms with van der Waals surface area (Å²) in [5.41, 5.74) is 7.25. The molecular formula is C23H27N5O4. The highest BCUT2D eigenvalue weighted by Crippen LogP contribution is 2.48. The van der Waals surface area contributed by atoms with Crippen LogP contribution < -0.4 is 5.73 Å². The molecular weight excluding hydrogens is 410 g/mol. The van der Waals surface area contributed by atoms with Gasteiger partial charge in [0.1, 0.15) is 6.04 Å². The summed E-state index contributed by atoms with van der Waals surface area (Å²) < 4.78 is 0. The number of carbonyl (C=O) groups is 3. The lowest BCUT2D eigenvalue weighted by Crippen LogP contribution is -2.57. The number of carbonyl (C=O) groups excluding carboxylic acids is 2. The van der Waals surface area contributed by atoms with Crippen LogP contribution in [0.1, 0.15) is 48.1 Å². The fourth-order valence-electron chi connectivity index (χ4n) is 5.90. The molecule has 3 saturated heterocycles. The number of piperazine rings is 1. The predicted octanol–water partition coefficient (Wildman–Crippen LogP) is 0.571. The maximum Gasteiger partial charge on any atom is 0.335 e. The zero-order valence-electron chi connectivity index (χ0n) is 17.9. The molecule has 1 aromatic rings. The number of fused-ring (bicyclic) bond motifs is 3. The number of likely N-dealkylation sites (tertiary alicyclic amines) is 3. The van der Waals surface area contributed by atoms with Crippen LogP contribution in [-0.2, 0) is 9.59 Å². The van der Waals surface area contributed by atoms with Gasteiger partial charge in [-0.05, 0) is 49.8 Å². The summed E-state index contributed by atoms with van der Waals surface area (Å²) >= 11 is 0. The normalized spacial score (nSPS) is 32.5. The topological polar surface area (TPSA) is 131 Å². The predicted molar refractivity (Wildman–Crippen MR) is 113 cm³/mol. The third-order valence-corrected chi connectivity index (χ3v) is 7.60. The Bertz CT molecular complexity index is 1020. The lowest BCUT2D eigenvalue weighted by molar-refractivity contribution is -0.141. The second-order valence-electron chi connectivity index (χ2n) is 9.51. The van der Waals surface area contributed by atoms with Crippen molar-refractivity contribution < 1.29 is 19.5 Å². The van der Waals surface area contributed by atoms with Gasteiger partial charge < -0.3 is 20.6 Å². The molecule has 0 radical (unpaired) electrons. The van der Waals surface area contributed by atoms with Crippen LogP contribution in [0.2, 0.25) is 0 Å². The Hall–Kier alpha value is -2.96. The van der Waals surface area contributed by atoms with Crippen molar-refractivity contribution in [3.05, 3.63) is 35.4 Å². The molecule has 4 aliphatic rings. The molecule has 2 bridgehead atoms. The Labute approximate surface area is 186 Å². The molecule has 3 aliphatic heterocycles. The Morgan fingerprint density at radius 3 is 2.78 bits per heavy atom. The second kappa shape index (κ2) is 7.57. The van der Waals surface area contributed by atoms with Gasteiger partial charge >= 0.3 is 5.97 Å². The molecule has 3 N–H and O–H groups in total. The standard InChI is InChI=1S/C23H27N5O4/c1-12(13-3-2-4-14(5-13)23(31)32)27-17-8-20(22(27)30)26(10-17)11-18(25)21(29)28-16(9-24)6-15-7-19(15)28/h2-5,12,15-20H,6-8,10-11,25H2,1H3,(H,31,32)/t12-,15-,16+,17?,18+,19+,20+/m1/s1. The average molecular weight is 438 g/mol. The molecule has 1 saturated carbocycles. The average Bonchev–Trinajstić information content (AvgIpc) is 3.11. The van der Waals surface area contributed by atoms with Crippen molar-refractivity contribution >= 4 is 17.8 Å². The van der Waals surface area contributed by atoms with E-state index in [1.165, 1.54) is 6.07 Å². The molecule has 9 heteroatoms. The van der Waals surface area contributed by atoms with Gasteiger partial charge in [0.2, 0.25) is 11.8 Å². The van der Waals surface area contributed by atoms with E-state index in [4.69, 9.17) is 5.73 Å². The number of piperidine rings is 1. The van der Waals surface area contributed by atoms with Crippen molar-refractivity contribution in [3.63, 3.8) is 0 Å². The molecule has 3 heterocycles. The van der Waals surface area contributed by atoms with E-state index in [-0.39, 0.29) is 47.6 Å². The van der Waals surface area contributed by atoms with Crippen molar-refractivity contribution in [3.8, 4) is 6.07 Å². The van der Waals surface area contributed by atoms with Crippen LogP contribution in [0, 0.1) is 17.2 Å². The highest BCUT2D eigenvalue weighted by Gasteiger charge is 2.56. The molecule has 7 atom stereocenters. The minimum absolute atomic E-state index is 0.00439. The molecule has 168 valence electrons. The third kappa shape index (κ3) is 3.26. The fourth-order valence-corrected chi connectivity index (χ4v) is 5.90. The van der Waals surface area contributed by atoms with E-state index in [0.29, 0.717) is 25.4 Å². The third-order valence-electron chi connectivity index (χ3n) is 7.60. The van der Waals surface area contributed by atoms with Crippen LogP contribution in [0.15, 0.2) is 24.3 Å². The first-order chi connectivity index (χ1) is 15.3. The van der Waals surface area contributed by atoms with Crippen molar-refractivity contribution in [2.75, 3.05) is 13.1 Å². The second-order valence-corrected chi connectivity index (χ2v) is 9.51. The molecule has 0 spiro atoms. The van der Waals surface area contributed by atoms with E-state index in [2.05, 4.69) is 6.07 Å². The number of nitrogens with two attached hydrogens (primary N) is 1. The first kappa shape index (κ1) is 20.9. The van der Waals surface area contributed by atoms with Gasteiger partial charge in [0.15, 0.2) is 0 Å². The van der Waals surface area contributed by atoms with Gasteiger partial charge in [0.05, 0.1) is 29.8 Å². The highest BCUT2D eigenvalue weighted by molar-refractivity contribution is 5.89. The number of aromatic carboxylic acids is 1. The molecule has 1 unspecified atom stereocenters. The molecule has 5 rings (SSSR count). The number of nitriles is 1. The smallest absolute Gasteiger partial charge is 0.335 e. The number of amides is 2. The number of carboxylic acids is 1. The molecule has 9 nitrogen and oxygen atoms in total. The lowest BCUT2D eigenvalue weighted by Gasteiger charge is -2.38. The maximum absolute atomic E-state index is 13.2. The molecule has 1 aromatic carbocycles. The van der Waals surface area contributed by atoms with Gasteiger partial charge in [-0.15, -0.1) is 0 Å². The highest BCUT2D eigenvalue weighted by atomic mass is 16.4. The zero-order valence-corrected chi connectivity index (χ0v) is 17.9. The van der Waals surface area contributed by atoms with E-state index >= 15 is 0 Å². The van der Waals surface area contributed by atoms with Crippen LogP contribution in [0.25, 0.3) is 0 Å². The molecule has 2 amide bonds. The van der Waals surface area contributed by atoms with Crippen LogP contribution in [0.3, 0.4) is 0 Å². The molecule has 32 heavy (non-hydrogen) atoms. The van der Waals surface area contributed by atoms with E-state index in [0.717, 1.165) is 18.4 Å². The van der Waals surface area contributed by atoms with E-state index in [1.807, 2.05) is 22.8 Å². The zero-order chi connectivity index (χ0) is 22.7. The monoisotopic (exact) mass is 437 g/mol. The fraction of sp³-hybridized carbons (Fsp3) is 0.565. The summed E-state index contributed by atoms with van der Waals surface area (Å²) in [4.78, 5) is 42.9. The minimum Gasteiger partial charge on any atom is -0.478 e. The minimum atomic E-state index is -0.993. The van der Waals surface area contributed by atoms with Crippen LogP contribution in [0.5, 0.6) is 0 Å². The number of carboxylic acid groups (broad SMARTS) is 1. The van der Waals surface area contributed by atoms with Crippen LogP contribution >= 0.6 is 0 Å². The van der Waals surface area contributed by atoms with Crippen molar-refractivity contribution in [2.45, 2.75) is 62.4 Å². The van der Waals surface area contributed by atoms with Crippen molar-refractivity contribution in [1.82, 2.24) is 14.7 Å². The van der Waals surface area contributed by atoms with Crippen LogP contribution in [-0.4, -0.2) is 80.9 Å². The Kier molecular flexibility index (Phi) is 4.95. The summed E-state index contributed by atoms with van der Waals surface area (Å²) in [6.07, 6.45) is 2.37. The van der Waals surface area contributed by atoms with Crippen molar-refractivity contribution in [2.24, 2.45) is 11.7 Å². The van der Waals surface area contributed by atoms with Gasteiger partial charge in [-0.2, -0.15) is 5.26 Å². The maximum atomic E-state index is 13.2. The summed E-state index contributed by atoms with van der Waals surface area (Å²) in [7, 11) is 0. The van der Waals surface area contributed by atoms with Gasteiger partial charge in [-0.3, -0.25) is 14.5 Å². The van der Waals surface area contributed by atoms with Gasteiger partial charge in [-0.1, -0.05) is 12.1 Å². The Morgan fingerprint density at radius 1 is 1.31 bits per heavy atom. The first-order valence-corrected chi connectivity index (χ1v) is 11.2. The molecule has 0 aromatic heterocycles. The van der Waals surface area contributed by atoms with Gasteiger partial charge in [0.25, 0.3) is 0 Å². The van der Waals surface area contributed by atoms with Gasteiger partial charge in [0, 0.05) is 25.2 Å². The number of hydrogen-bond donors (Lipinski definition) is 2. The van der Waals surface area contributed by atoms with E-state index in [9.17, 15) is 24.8 Å². The summed E-state index contributed by atoms with van der Waals surface area (Å²) in [6, 6.07) is 7.39. The summed E-state index contributed by atoms with van der Waals surface area (Å²) in [5, 5.41) is 18.6. The number of rotatable bonds is 6. The molecule has 4 fully saturated rings. The van der Waals surface area contributed by atoms with E-state index < -0.39 is 12.0 Å². The molecule has 1 aliphatic carbocycles. The SMILES string of the molecule is C[C@H](c1cccc(C(=O)O)c1)N1C(=O)[C@@H]2CC1CN2C[C@H](N)C(=O)N1[C@H](C#N)C[C@@H]2C[C@@H]21. The van der Waals surface area contributed by atoms with Gasteiger partial charge in [-0.25, -0.2) is 4.79 Å². The number of benzene rings is 1. The Balaban J connectivity index is 1.24. The summed E-state index contributed by atoms with van der Waals surface area (Å²) in [6.45, 7) is 2.85. The van der Waals surface area contributed by atoms with Crippen LogP contribution in [0.4, 0.5) is 0 Å². The first-order valence-electron chi connectivity index (χ1n) is 11.2. The number of nitrogens with zero attached hydrogens (tertiary/aromatic N) is 4. The largest absolute Gasteiger partial charge is 0.478 e. The van der Waals surface area contributed by atoms with Crippen molar-refractivity contribution in [1.29, 1.82) is 5.26 Å². The van der Waals surface area contributed by atoms with E-state index in [1.54, 1.807) is 17.0 Å². The number of hydrogen-bond acceptors (Lipinski definition) is 6. The lowest BCUT2D eigenvalue weighted by atomic mass is 10.0. The quantitative estimate of drug-likeness (QED) is 0.665. The Morgan fingerprint density at radius 2 is 2.09 bits per heavy atom. The summed E-state index contributed by atoms with van der Waals surface area (Å²) in [5.74, 6) is -0.748.